The van der Waals surface area contributed by atoms with Crippen molar-refractivity contribution in [3.63, 3.8) is 0 Å². The maximum atomic E-state index is 12.7. The van der Waals surface area contributed by atoms with Crippen molar-refractivity contribution in [1.82, 2.24) is 0 Å². The highest BCUT2D eigenvalue weighted by molar-refractivity contribution is 9.09. The Kier molecular flexibility index (Phi) is 5.20. The lowest BCUT2D eigenvalue weighted by atomic mass is 10.0. The lowest BCUT2D eigenvalue weighted by Gasteiger charge is -2.26. The van der Waals surface area contributed by atoms with E-state index in [2.05, 4.69) is 36.7 Å². The number of Topliss-reactive ketones (excluding diaryl/α,β-unsaturated/α-hetero) is 1. The van der Waals surface area contributed by atoms with Gasteiger partial charge >= 0.3 is 0 Å². The van der Waals surface area contributed by atoms with Crippen LogP contribution in [0.15, 0.2) is 18.2 Å². The molecule has 1 heterocycles. The molecule has 1 aromatic carbocycles. The van der Waals surface area contributed by atoms with Gasteiger partial charge in [0.2, 0.25) is 5.91 Å². The summed E-state index contributed by atoms with van der Waals surface area (Å²) >= 11 is 3.20. The van der Waals surface area contributed by atoms with E-state index >= 15 is 0 Å². The molecule has 4 heteroatoms. The molecule has 2 rings (SSSR count). The number of rotatable bonds is 5. The summed E-state index contributed by atoms with van der Waals surface area (Å²) in [7, 11) is 0. The number of alkyl halides is 1. The molecule has 0 spiro atoms. The smallest absolute Gasteiger partial charge is 0.230 e. The average Bonchev–Trinajstić information content (AvgIpc) is 2.82. The highest BCUT2D eigenvalue weighted by atomic mass is 79.9. The van der Waals surface area contributed by atoms with Crippen LogP contribution in [0.25, 0.3) is 0 Å². The minimum atomic E-state index is 0.0789. The molecule has 1 aliphatic heterocycles. The van der Waals surface area contributed by atoms with Gasteiger partial charge in [0.05, 0.1) is 5.33 Å². The molecule has 0 fully saturated rings. The Bertz CT molecular complexity index is 552. The normalized spacial score (nSPS) is 17.2. The van der Waals surface area contributed by atoms with Crippen molar-refractivity contribution in [2.45, 2.75) is 46.1 Å². The van der Waals surface area contributed by atoms with Gasteiger partial charge in [0, 0.05) is 23.2 Å². The summed E-state index contributed by atoms with van der Waals surface area (Å²) in [6, 6.07) is 5.86. The molecule has 1 aromatic rings. The summed E-state index contributed by atoms with van der Waals surface area (Å²) in [5.41, 5.74) is 2.80. The number of benzene rings is 1. The zero-order valence-corrected chi connectivity index (χ0v) is 14.4. The lowest BCUT2D eigenvalue weighted by molar-refractivity contribution is -0.122. The third-order valence-electron chi connectivity index (χ3n) is 4.31. The van der Waals surface area contributed by atoms with E-state index < -0.39 is 0 Å². The SMILES string of the molecule is CCC(CC)C(=O)N1c2ccc(C(=O)CBr)cc2CC1C. The summed E-state index contributed by atoms with van der Waals surface area (Å²) in [5.74, 6) is 0.378. The van der Waals surface area contributed by atoms with Gasteiger partial charge in [0.25, 0.3) is 0 Å². The minimum Gasteiger partial charge on any atom is -0.309 e. The number of carbonyl (C=O) groups excluding carboxylic acids is 2. The van der Waals surface area contributed by atoms with Crippen molar-refractivity contribution in [3.05, 3.63) is 29.3 Å². The molecule has 0 N–H and O–H groups in total. The molecule has 0 aliphatic carbocycles. The summed E-state index contributed by atoms with van der Waals surface area (Å²) in [6.45, 7) is 6.20. The number of anilines is 1. The fraction of sp³-hybridized carbons (Fsp3) is 0.529. The van der Waals surface area contributed by atoms with Crippen molar-refractivity contribution >= 4 is 33.3 Å². The number of ketones is 1. The first-order valence-electron chi connectivity index (χ1n) is 7.58. The van der Waals surface area contributed by atoms with Gasteiger partial charge in [-0.25, -0.2) is 0 Å². The van der Waals surface area contributed by atoms with Crippen molar-refractivity contribution in [1.29, 1.82) is 0 Å². The quantitative estimate of drug-likeness (QED) is 0.594. The fourth-order valence-electron chi connectivity index (χ4n) is 3.05. The molecule has 1 amide bonds. The largest absolute Gasteiger partial charge is 0.309 e. The van der Waals surface area contributed by atoms with Gasteiger partial charge in [-0.1, -0.05) is 29.8 Å². The molecule has 0 aromatic heterocycles. The highest BCUT2D eigenvalue weighted by Crippen LogP contribution is 2.34. The van der Waals surface area contributed by atoms with Gasteiger partial charge in [-0.15, -0.1) is 0 Å². The van der Waals surface area contributed by atoms with Crippen molar-refractivity contribution in [3.8, 4) is 0 Å². The number of amides is 1. The van der Waals surface area contributed by atoms with Crippen molar-refractivity contribution in [2.24, 2.45) is 5.92 Å². The molecule has 114 valence electrons. The van der Waals surface area contributed by atoms with E-state index in [4.69, 9.17) is 0 Å². The summed E-state index contributed by atoms with van der Waals surface area (Å²) in [4.78, 5) is 26.4. The second-order valence-electron chi connectivity index (χ2n) is 5.68. The van der Waals surface area contributed by atoms with Gasteiger partial charge in [-0.3, -0.25) is 9.59 Å². The van der Waals surface area contributed by atoms with Crippen molar-refractivity contribution < 1.29 is 9.59 Å². The first-order valence-corrected chi connectivity index (χ1v) is 8.70. The van der Waals surface area contributed by atoms with Gasteiger partial charge in [0.1, 0.15) is 0 Å². The molecule has 1 unspecified atom stereocenters. The van der Waals surface area contributed by atoms with Crippen LogP contribution < -0.4 is 4.90 Å². The molecule has 0 saturated carbocycles. The second kappa shape index (κ2) is 6.73. The van der Waals surface area contributed by atoms with Crippen LogP contribution >= 0.6 is 15.9 Å². The zero-order chi connectivity index (χ0) is 15.6. The Morgan fingerprint density at radius 3 is 2.57 bits per heavy atom. The lowest BCUT2D eigenvalue weighted by Crippen LogP contribution is -2.39. The topological polar surface area (TPSA) is 37.4 Å². The number of hydrogen-bond acceptors (Lipinski definition) is 2. The number of halogens is 1. The molecular weight excluding hydrogens is 330 g/mol. The van der Waals surface area contributed by atoms with Crippen LogP contribution in [0.5, 0.6) is 0 Å². The minimum absolute atomic E-state index is 0.0789. The van der Waals surface area contributed by atoms with Gasteiger partial charge in [-0.2, -0.15) is 0 Å². The molecule has 0 bridgehead atoms. The van der Waals surface area contributed by atoms with Gasteiger partial charge < -0.3 is 4.90 Å². The molecular formula is C17H22BrNO2. The van der Waals surface area contributed by atoms with Gasteiger partial charge in [0.15, 0.2) is 5.78 Å². The van der Waals surface area contributed by atoms with E-state index in [0.717, 1.165) is 36.1 Å². The maximum absolute atomic E-state index is 12.7. The average molecular weight is 352 g/mol. The van der Waals surface area contributed by atoms with E-state index in [1.165, 1.54) is 0 Å². The van der Waals surface area contributed by atoms with Crippen LogP contribution in [0.2, 0.25) is 0 Å². The number of carbonyl (C=O) groups is 2. The van der Waals surface area contributed by atoms with Crippen LogP contribution in [-0.2, 0) is 11.2 Å². The first kappa shape index (κ1) is 16.2. The van der Waals surface area contributed by atoms with E-state index in [0.29, 0.717) is 5.33 Å². The molecule has 3 nitrogen and oxygen atoms in total. The highest BCUT2D eigenvalue weighted by Gasteiger charge is 2.33. The molecule has 21 heavy (non-hydrogen) atoms. The van der Waals surface area contributed by atoms with Crippen LogP contribution in [0, 0.1) is 5.92 Å². The monoisotopic (exact) mass is 351 g/mol. The summed E-state index contributed by atoms with van der Waals surface area (Å²) in [6.07, 6.45) is 2.56. The Morgan fingerprint density at radius 2 is 2.00 bits per heavy atom. The number of nitrogens with zero attached hydrogens (tertiary/aromatic N) is 1. The number of fused-ring (bicyclic) bond motifs is 1. The van der Waals surface area contributed by atoms with Crippen LogP contribution in [-0.4, -0.2) is 23.1 Å². The fourth-order valence-corrected chi connectivity index (χ4v) is 3.38. The van der Waals surface area contributed by atoms with E-state index in [-0.39, 0.29) is 23.7 Å². The Hall–Kier alpha value is -1.16. The van der Waals surface area contributed by atoms with Crippen molar-refractivity contribution in [2.75, 3.05) is 10.2 Å². The van der Waals surface area contributed by atoms with E-state index in [1.54, 1.807) is 0 Å². The Morgan fingerprint density at radius 1 is 1.33 bits per heavy atom. The van der Waals surface area contributed by atoms with Crippen LogP contribution in [0.3, 0.4) is 0 Å². The molecule has 1 aliphatic rings. The summed E-state index contributed by atoms with van der Waals surface area (Å²) in [5, 5.41) is 0.331. The van der Waals surface area contributed by atoms with E-state index in [1.807, 2.05) is 23.1 Å². The maximum Gasteiger partial charge on any atom is 0.230 e. The Balaban J connectivity index is 2.33. The molecule has 1 atom stereocenters. The van der Waals surface area contributed by atoms with Crippen LogP contribution in [0.4, 0.5) is 5.69 Å². The molecule has 0 radical (unpaired) electrons. The third-order valence-corrected chi connectivity index (χ3v) is 4.82. The second-order valence-corrected chi connectivity index (χ2v) is 6.24. The van der Waals surface area contributed by atoms with Gasteiger partial charge in [-0.05, 0) is 49.9 Å². The predicted molar refractivity (Wildman–Crippen MR) is 89.3 cm³/mol. The van der Waals surface area contributed by atoms with E-state index in [9.17, 15) is 9.59 Å². The summed E-state index contributed by atoms with van der Waals surface area (Å²) < 4.78 is 0. The van der Waals surface area contributed by atoms with Crippen LogP contribution in [0.1, 0.15) is 49.5 Å². The Labute approximate surface area is 134 Å². The first-order chi connectivity index (χ1) is 10.0. The zero-order valence-electron chi connectivity index (χ0n) is 12.9. The number of hydrogen-bond donors (Lipinski definition) is 0. The third kappa shape index (κ3) is 3.05. The molecule has 0 saturated heterocycles. The predicted octanol–water partition coefficient (Wildman–Crippen LogP) is 3.98. The standard InChI is InChI=1S/C17H22BrNO2/c1-4-12(5-2)17(21)19-11(3)8-14-9-13(16(20)10-18)6-7-15(14)19/h6-7,9,11-12H,4-5,8,10H2,1-3H3.